The van der Waals surface area contributed by atoms with Crippen LogP contribution in [0.1, 0.15) is 37.0 Å². The summed E-state index contributed by atoms with van der Waals surface area (Å²) in [5, 5.41) is 10.1. The van der Waals surface area contributed by atoms with Crippen molar-refractivity contribution >= 4 is 23.4 Å². The van der Waals surface area contributed by atoms with Gasteiger partial charge in [0.05, 0.1) is 10.7 Å². The average Bonchev–Trinajstić information content (AvgIpc) is 2.69. The third-order valence-electron chi connectivity index (χ3n) is 4.84. The summed E-state index contributed by atoms with van der Waals surface area (Å²) in [5.74, 6) is 0.596. The molecular formula is C18H25ClN2O2. The molecule has 0 spiro atoms. The van der Waals surface area contributed by atoms with Crippen LogP contribution in [0.25, 0.3) is 0 Å². The Balaban J connectivity index is 1.97. The van der Waals surface area contributed by atoms with E-state index in [2.05, 4.69) is 24.8 Å². The second-order valence-corrected chi connectivity index (χ2v) is 7.43. The number of benzene rings is 1. The highest BCUT2D eigenvalue weighted by Gasteiger charge is 2.27. The largest absolute Gasteiger partial charge is 0.465 e. The highest BCUT2D eigenvalue weighted by Crippen LogP contribution is 2.40. The Morgan fingerprint density at radius 3 is 2.65 bits per heavy atom. The van der Waals surface area contributed by atoms with Crippen LogP contribution in [0.5, 0.6) is 0 Å². The summed E-state index contributed by atoms with van der Waals surface area (Å²) in [5.41, 5.74) is 4.94. The van der Waals surface area contributed by atoms with Gasteiger partial charge in [0.15, 0.2) is 0 Å². The lowest BCUT2D eigenvalue weighted by molar-refractivity contribution is 0.147. The van der Waals surface area contributed by atoms with Gasteiger partial charge in [-0.1, -0.05) is 31.5 Å². The fraction of sp³-hybridized carbons (Fsp3) is 0.611. The molecule has 2 heterocycles. The summed E-state index contributed by atoms with van der Waals surface area (Å²) < 4.78 is 0. The van der Waals surface area contributed by atoms with Crippen molar-refractivity contribution in [3.63, 3.8) is 0 Å². The van der Waals surface area contributed by atoms with Gasteiger partial charge >= 0.3 is 6.09 Å². The van der Waals surface area contributed by atoms with Crippen LogP contribution in [0.4, 0.5) is 10.5 Å². The number of nitrogens with zero attached hydrogens (tertiary/aromatic N) is 2. The monoisotopic (exact) mass is 336 g/mol. The van der Waals surface area contributed by atoms with E-state index in [0.29, 0.717) is 25.4 Å². The normalized spacial score (nSPS) is 17.7. The van der Waals surface area contributed by atoms with Crippen molar-refractivity contribution in [1.29, 1.82) is 0 Å². The lowest BCUT2D eigenvalue weighted by Crippen LogP contribution is -2.33. The molecule has 0 saturated heterocycles. The molecule has 0 aromatic heterocycles. The Kier molecular flexibility index (Phi) is 4.72. The van der Waals surface area contributed by atoms with Crippen molar-refractivity contribution in [3.05, 3.63) is 27.8 Å². The molecular weight excluding hydrogens is 312 g/mol. The Hall–Kier alpha value is -1.42. The Morgan fingerprint density at radius 2 is 1.96 bits per heavy atom. The number of anilines is 1. The standard InChI is InChI=1S/C18H25ClN2O2/c1-12(2)11-21-7-3-4-14-10-13-5-8-20(18(22)23)9-6-15(13)16(19)17(14)21/h10,12H,3-9,11H2,1-2H3,(H,22,23). The molecule has 3 rings (SSSR count). The molecule has 126 valence electrons. The van der Waals surface area contributed by atoms with Gasteiger partial charge in [-0.2, -0.15) is 0 Å². The second-order valence-electron chi connectivity index (χ2n) is 7.05. The van der Waals surface area contributed by atoms with Crippen molar-refractivity contribution in [2.75, 3.05) is 31.1 Å². The number of carboxylic acid groups (broad SMARTS) is 1. The van der Waals surface area contributed by atoms with E-state index < -0.39 is 6.09 Å². The van der Waals surface area contributed by atoms with E-state index in [1.807, 2.05) is 0 Å². The van der Waals surface area contributed by atoms with E-state index in [0.717, 1.165) is 42.9 Å². The maximum absolute atomic E-state index is 11.3. The number of rotatable bonds is 2. The third-order valence-corrected chi connectivity index (χ3v) is 5.25. The van der Waals surface area contributed by atoms with Crippen molar-refractivity contribution in [2.45, 2.75) is 39.5 Å². The highest BCUT2D eigenvalue weighted by atomic mass is 35.5. The minimum Gasteiger partial charge on any atom is -0.465 e. The summed E-state index contributed by atoms with van der Waals surface area (Å²) in [6.07, 6.45) is 2.87. The predicted octanol–water partition coefficient (Wildman–Crippen LogP) is 3.83. The van der Waals surface area contributed by atoms with Crippen LogP contribution in [0, 0.1) is 5.92 Å². The van der Waals surface area contributed by atoms with E-state index in [9.17, 15) is 9.90 Å². The number of aryl methyl sites for hydroxylation is 1. The van der Waals surface area contributed by atoms with E-state index in [1.165, 1.54) is 21.7 Å². The van der Waals surface area contributed by atoms with Gasteiger partial charge in [-0.3, -0.25) is 0 Å². The molecule has 2 aliphatic heterocycles. The Morgan fingerprint density at radius 1 is 1.22 bits per heavy atom. The minimum atomic E-state index is -0.833. The van der Waals surface area contributed by atoms with Crippen LogP contribution < -0.4 is 4.90 Å². The Bertz CT molecular complexity index is 616. The van der Waals surface area contributed by atoms with Crippen LogP contribution in [0.3, 0.4) is 0 Å². The first kappa shape index (κ1) is 16.4. The Labute approximate surface area is 143 Å². The zero-order valence-electron chi connectivity index (χ0n) is 13.9. The predicted molar refractivity (Wildman–Crippen MR) is 93.8 cm³/mol. The van der Waals surface area contributed by atoms with Crippen molar-refractivity contribution in [2.24, 2.45) is 5.92 Å². The van der Waals surface area contributed by atoms with Gasteiger partial charge in [0.2, 0.25) is 0 Å². The molecule has 0 atom stereocenters. The molecule has 0 bridgehead atoms. The van der Waals surface area contributed by atoms with Gasteiger partial charge in [-0.15, -0.1) is 0 Å². The molecule has 0 radical (unpaired) electrons. The molecule has 1 amide bonds. The zero-order chi connectivity index (χ0) is 16.6. The molecule has 0 aliphatic carbocycles. The number of fused-ring (bicyclic) bond motifs is 2. The lowest BCUT2D eigenvalue weighted by atomic mass is 9.92. The number of carbonyl (C=O) groups is 1. The van der Waals surface area contributed by atoms with Crippen LogP contribution in [-0.4, -0.2) is 42.3 Å². The summed E-state index contributed by atoms with van der Waals surface area (Å²) >= 11 is 6.82. The van der Waals surface area contributed by atoms with E-state index in [4.69, 9.17) is 11.6 Å². The van der Waals surface area contributed by atoms with Gasteiger partial charge in [0.25, 0.3) is 0 Å². The van der Waals surface area contributed by atoms with Crippen molar-refractivity contribution in [3.8, 4) is 0 Å². The van der Waals surface area contributed by atoms with E-state index in [-0.39, 0.29) is 0 Å². The first-order chi connectivity index (χ1) is 11.0. The zero-order valence-corrected chi connectivity index (χ0v) is 14.7. The maximum Gasteiger partial charge on any atom is 0.407 e. The molecule has 0 unspecified atom stereocenters. The van der Waals surface area contributed by atoms with Crippen LogP contribution >= 0.6 is 11.6 Å². The van der Waals surface area contributed by atoms with Crippen molar-refractivity contribution in [1.82, 2.24) is 4.90 Å². The van der Waals surface area contributed by atoms with Gasteiger partial charge in [0.1, 0.15) is 0 Å². The van der Waals surface area contributed by atoms with Gasteiger partial charge < -0.3 is 14.9 Å². The van der Waals surface area contributed by atoms with Crippen LogP contribution in [0.2, 0.25) is 5.02 Å². The van der Waals surface area contributed by atoms with Gasteiger partial charge in [-0.05, 0) is 48.3 Å². The van der Waals surface area contributed by atoms with Gasteiger partial charge in [0, 0.05) is 26.2 Å². The fourth-order valence-corrected chi connectivity index (χ4v) is 4.27. The molecule has 23 heavy (non-hydrogen) atoms. The molecule has 4 nitrogen and oxygen atoms in total. The summed E-state index contributed by atoms with van der Waals surface area (Å²) in [4.78, 5) is 15.2. The average molecular weight is 337 g/mol. The second kappa shape index (κ2) is 6.60. The topological polar surface area (TPSA) is 43.8 Å². The minimum absolute atomic E-state index is 0.533. The molecule has 5 heteroatoms. The van der Waals surface area contributed by atoms with E-state index >= 15 is 0 Å². The number of hydrogen-bond donors (Lipinski definition) is 1. The molecule has 1 aromatic rings. The number of hydrogen-bond acceptors (Lipinski definition) is 2. The molecule has 0 fully saturated rings. The summed E-state index contributed by atoms with van der Waals surface area (Å²) in [6, 6.07) is 2.29. The summed E-state index contributed by atoms with van der Waals surface area (Å²) in [7, 11) is 0. The molecule has 1 aromatic carbocycles. The highest BCUT2D eigenvalue weighted by molar-refractivity contribution is 6.34. The molecule has 1 N–H and O–H groups in total. The lowest BCUT2D eigenvalue weighted by Gasteiger charge is -2.34. The maximum atomic E-state index is 11.3. The first-order valence-corrected chi connectivity index (χ1v) is 8.91. The fourth-order valence-electron chi connectivity index (χ4n) is 3.82. The number of halogens is 1. The molecule has 0 saturated carbocycles. The van der Waals surface area contributed by atoms with Crippen molar-refractivity contribution < 1.29 is 9.90 Å². The van der Waals surface area contributed by atoms with Crippen LogP contribution in [-0.2, 0) is 19.3 Å². The van der Waals surface area contributed by atoms with Crippen LogP contribution in [0.15, 0.2) is 6.07 Å². The summed E-state index contributed by atoms with van der Waals surface area (Å²) in [6.45, 7) is 7.64. The van der Waals surface area contributed by atoms with Gasteiger partial charge in [-0.25, -0.2) is 4.79 Å². The quantitative estimate of drug-likeness (QED) is 0.892. The smallest absolute Gasteiger partial charge is 0.407 e. The first-order valence-electron chi connectivity index (χ1n) is 8.53. The SMILES string of the molecule is CC(C)CN1CCCc2cc3c(c(Cl)c21)CCN(C(=O)O)CC3. The number of amides is 1. The molecule has 2 aliphatic rings. The van der Waals surface area contributed by atoms with E-state index in [1.54, 1.807) is 0 Å². The third kappa shape index (κ3) is 3.27.